The van der Waals surface area contributed by atoms with Gasteiger partial charge in [0.05, 0.1) is 18.0 Å². The number of rotatable bonds is 5. The second-order valence-electron chi connectivity index (χ2n) is 4.46. The quantitative estimate of drug-likeness (QED) is 0.868. The second-order valence-corrected chi connectivity index (χ2v) is 4.46. The molecule has 1 aromatic carbocycles. The van der Waals surface area contributed by atoms with Crippen molar-refractivity contribution in [3.05, 3.63) is 65.7 Å². The van der Waals surface area contributed by atoms with Gasteiger partial charge >= 0.3 is 0 Å². The zero-order valence-electron chi connectivity index (χ0n) is 10.8. The van der Waals surface area contributed by atoms with Crippen LogP contribution in [0.5, 0.6) is 0 Å². The normalized spacial score (nSPS) is 14.1. The minimum atomic E-state index is -0.566. The summed E-state index contributed by atoms with van der Waals surface area (Å²) in [6.45, 7) is 2.35. The fraction of sp³-hybridized carbons (Fsp3) is 0.267. The molecular formula is C15H17FN2O. The molecule has 0 aliphatic rings. The van der Waals surface area contributed by atoms with Crippen LogP contribution in [0.1, 0.15) is 30.3 Å². The van der Waals surface area contributed by atoms with Crippen LogP contribution in [0.4, 0.5) is 4.39 Å². The lowest BCUT2D eigenvalue weighted by Crippen LogP contribution is -2.25. The molecule has 1 heterocycles. The number of hydrogen-bond donors (Lipinski definition) is 2. The van der Waals surface area contributed by atoms with Crippen molar-refractivity contribution in [2.45, 2.75) is 19.1 Å². The number of nitrogens with zero attached hydrogens (tertiary/aromatic N) is 1. The largest absolute Gasteiger partial charge is 0.387 e. The molecule has 0 aliphatic heterocycles. The standard InChI is InChI=1S/C15H17FN2O/c1-11(14-8-7-13(16)9-18-14)17-10-15(19)12-5-3-2-4-6-12/h2-9,11,15,17,19H,10H2,1H3. The first-order valence-electron chi connectivity index (χ1n) is 6.24. The van der Waals surface area contributed by atoms with E-state index in [0.717, 1.165) is 11.3 Å². The third-order valence-corrected chi connectivity index (χ3v) is 3.00. The highest BCUT2D eigenvalue weighted by atomic mass is 19.1. The highest BCUT2D eigenvalue weighted by Gasteiger charge is 2.11. The van der Waals surface area contributed by atoms with Crippen LogP contribution >= 0.6 is 0 Å². The molecule has 2 rings (SSSR count). The summed E-state index contributed by atoms with van der Waals surface area (Å²) in [5.41, 5.74) is 1.62. The Bertz CT molecular complexity index is 501. The zero-order chi connectivity index (χ0) is 13.7. The molecule has 3 nitrogen and oxygen atoms in total. The summed E-state index contributed by atoms with van der Waals surface area (Å²) < 4.78 is 12.8. The molecule has 1 aromatic heterocycles. The Balaban J connectivity index is 1.90. The lowest BCUT2D eigenvalue weighted by Gasteiger charge is -2.17. The smallest absolute Gasteiger partial charge is 0.141 e. The molecule has 0 bridgehead atoms. The van der Waals surface area contributed by atoms with Crippen LogP contribution in [-0.2, 0) is 0 Å². The molecule has 4 heteroatoms. The van der Waals surface area contributed by atoms with E-state index in [-0.39, 0.29) is 11.9 Å². The van der Waals surface area contributed by atoms with Gasteiger partial charge in [-0.15, -0.1) is 0 Å². The number of pyridine rings is 1. The van der Waals surface area contributed by atoms with Gasteiger partial charge in [0.15, 0.2) is 0 Å². The topological polar surface area (TPSA) is 45.1 Å². The summed E-state index contributed by atoms with van der Waals surface area (Å²) >= 11 is 0. The molecule has 2 aromatic rings. The molecule has 2 unspecified atom stereocenters. The number of benzene rings is 1. The Labute approximate surface area is 112 Å². The van der Waals surface area contributed by atoms with E-state index in [1.807, 2.05) is 37.3 Å². The van der Waals surface area contributed by atoms with E-state index >= 15 is 0 Å². The van der Waals surface area contributed by atoms with E-state index in [0.29, 0.717) is 6.54 Å². The van der Waals surface area contributed by atoms with Crippen molar-refractivity contribution in [3.63, 3.8) is 0 Å². The average Bonchev–Trinajstić information content (AvgIpc) is 2.46. The molecule has 0 spiro atoms. The van der Waals surface area contributed by atoms with Gasteiger partial charge in [0.2, 0.25) is 0 Å². The van der Waals surface area contributed by atoms with E-state index in [1.165, 1.54) is 12.3 Å². The van der Waals surface area contributed by atoms with Crippen molar-refractivity contribution in [2.75, 3.05) is 6.54 Å². The van der Waals surface area contributed by atoms with E-state index in [9.17, 15) is 9.50 Å². The minimum absolute atomic E-state index is 0.0426. The lowest BCUT2D eigenvalue weighted by atomic mass is 10.1. The number of halogens is 1. The summed E-state index contributed by atoms with van der Waals surface area (Å²) in [4.78, 5) is 4.01. The first-order valence-corrected chi connectivity index (χ1v) is 6.24. The van der Waals surface area contributed by atoms with Crippen LogP contribution in [0.25, 0.3) is 0 Å². The molecular weight excluding hydrogens is 243 g/mol. The summed E-state index contributed by atoms with van der Waals surface area (Å²) in [6.07, 6.45) is 0.630. The average molecular weight is 260 g/mol. The van der Waals surface area contributed by atoms with Gasteiger partial charge in [-0.05, 0) is 24.6 Å². The molecule has 0 saturated carbocycles. The van der Waals surface area contributed by atoms with Gasteiger partial charge in [0.1, 0.15) is 5.82 Å². The first kappa shape index (κ1) is 13.6. The molecule has 19 heavy (non-hydrogen) atoms. The van der Waals surface area contributed by atoms with Crippen LogP contribution in [0.3, 0.4) is 0 Å². The van der Waals surface area contributed by atoms with Crippen molar-refractivity contribution in [1.29, 1.82) is 0 Å². The Hall–Kier alpha value is -1.78. The van der Waals surface area contributed by atoms with E-state index in [2.05, 4.69) is 10.3 Å². The van der Waals surface area contributed by atoms with Crippen LogP contribution in [0.15, 0.2) is 48.7 Å². The van der Waals surface area contributed by atoms with Gasteiger partial charge in [0.25, 0.3) is 0 Å². The Morgan fingerprint density at radius 2 is 1.95 bits per heavy atom. The maximum Gasteiger partial charge on any atom is 0.141 e. The summed E-state index contributed by atoms with van der Waals surface area (Å²) in [5.74, 6) is -0.347. The maximum absolute atomic E-state index is 12.8. The fourth-order valence-electron chi connectivity index (χ4n) is 1.83. The second kappa shape index (κ2) is 6.41. The Kier molecular flexibility index (Phi) is 4.60. The molecule has 0 fully saturated rings. The van der Waals surface area contributed by atoms with Crippen LogP contribution in [0.2, 0.25) is 0 Å². The fourth-order valence-corrected chi connectivity index (χ4v) is 1.83. The molecule has 0 amide bonds. The number of aliphatic hydroxyl groups excluding tert-OH is 1. The van der Waals surface area contributed by atoms with Crippen molar-refractivity contribution in [3.8, 4) is 0 Å². The van der Waals surface area contributed by atoms with E-state index in [4.69, 9.17) is 0 Å². The van der Waals surface area contributed by atoms with Crippen LogP contribution < -0.4 is 5.32 Å². The third kappa shape index (κ3) is 3.84. The molecule has 0 radical (unpaired) electrons. The highest BCUT2D eigenvalue weighted by molar-refractivity contribution is 5.17. The van der Waals surface area contributed by atoms with E-state index in [1.54, 1.807) is 6.07 Å². The number of aromatic nitrogens is 1. The van der Waals surface area contributed by atoms with Gasteiger partial charge in [0, 0.05) is 12.6 Å². The third-order valence-electron chi connectivity index (χ3n) is 3.00. The van der Waals surface area contributed by atoms with Gasteiger partial charge < -0.3 is 10.4 Å². The van der Waals surface area contributed by atoms with Crippen molar-refractivity contribution in [2.24, 2.45) is 0 Å². The minimum Gasteiger partial charge on any atom is -0.387 e. The zero-order valence-corrected chi connectivity index (χ0v) is 10.8. The van der Waals surface area contributed by atoms with Crippen molar-refractivity contribution in [1.82, 2.24) is 10.3 Å². The predicted molar refractivity (Wildman–Crippen MR) is 72.0 cm³/mol. The van der Waals surface area contributed by atoms with Crippen LogP contribution in [-0.4, -0.2) is 16.6 Å². The number of hydrogen-bond acceptors (Lipinski definition) is 3. The van der Waals surface area contributed by atoms with E-state index < -0.39 is 6.10 Å². The Morgan fingerprint density at radius 1 is 1.21 bits per heavy atom. The summed E-state index contributed by atoms with van der Waals surface area (Å²) in [7, 11) is 0. The Morgan fingerprint density at radius 3 is 2.58 bits per heavy atom. The predicted octanol–water partition coefficient (Wildman–Crippen LogP) is 2.60. The highest BCUT2D eigenvalue weighted by Crippen LogP contribution is 2.14. The molecule has 100 valence electrons. The summed E-state index contributed by atoms with van der Waals surface area (Å²) in [5, 5.41) is 13.2. The van der Waals surface area contributed by atoms with Gasteiger partial charge in [-0.3, -0.25) is 4.98 Å². The molecule has 2 N–H and O–H groups in total. The maximum atomic E-state index is 12.8. The van der Waals surface area contributed by atoms with Gasteiger partial charge in [-0.1, -0.05) is 30.3 Å². The molecule has 2 atom stereocenters. The monoisotopic (exact) mass is 260 g/mol. The number of aliphatic hydroxyl groups is 1. The summed E-state index contributed by atoms with van der Waals surface area (Å²) in [6, 6.07) is 12.4. The first-order chi connectivity index (χ1) is 9.16. The number of nitrogens with one attached hydrogen (secondary N) is 1. The van der Waals surface area contributed by atoms with Crippen molar-refractivity contribution < 1.29 is 9.50 Å². The van der Waals surface area contributed by atoms with Gasteiger partial charge in [-0.2, -0.15) is 0 Å². The molecule has 0 aliphatic carbocycles. The lowest BCUT2D eigenvalue weighted by molar-refractivity contribution is 0.170. The van der Waals surface area contributed by atoms with Crippen molar-refractivity contribution >= 4 is 0 Å². The SMILES string of the molecule is CC(NCC(O)c1ccccc1)c1ccc(F)cn1. The van der Waals surface area contributed by atoms with Gasteiger partial charge in [-0.25, -0.2) is 4.39 Å². The van der Waals surface area contributed by atoms with Crippen LogP contribution in [0, 0.1) is 5.82 Å². The molecule has 0 saturated heterocycles.